The highest BCUT2D eigenvalue weighted by Gasteiger charge is 2.26. The maximum atomic E-state index is 13.2. The van der Waals surface area contributed by atoms with E-state index in [4.69, 9.17) is 0 Å². The second kappa shape index (κ2) is 9.54. The van der Waals surface area contributed by atoms with Gasteiger partial charge in [0.05, 0.1) is 6.42 Å². The van der Waals surface area contributed by atoms with Gasteiger partial charge in [-0.2, -0.15) is 0 Å². The van der Waals surface area contributed by atoms with E-state index in [0.717, 1.165) is 22.3 Å². The Bertz CT molecular complexity index is 805. The van der Waals surface area contributed by atoms with Gasteiger partial charge in [0.2, 0.25) is 11.8 Å². The molecule has 2 aromatic rings. The molecule has 0 aromatic heterocycles. The third kappa shape index (κ3) is 6.22. The van der Waals surface area contributed by atoms with Crippen molar-refractivity contribution in [1.29, 1.82) is 0 Å². The van der Waals surface area contributed by atoms with Crippen LogP contribution in [0.2, 0.25) is 0 Å². The molecule has 2 rings (SSSR count). The van der Waals surface area contributed by atoms with E-state index in [-0.39, 0.29) is 24.3 Å². The molecule has 0 aliphatic carbocycles. The van der Waals surface area contributed by atoms with E-state index in [9.17, 15) is 9.59 Å². The molecule has 1 N–H and O–H groups in total. The fraction of sp³-hybridized carbons (Fsp3) is 0.417. The van der Waals surface area contributed by atoms with Gasteiger partial charge >= 0.3 is 0 Å². The first kappa shape index (κ1) is 21.7. The van der Waals surface area contributed by atoms with Crippen LogP contribution in [0.4, 0.5) is 0 Å². The van der Waals surface area contributed by atoms with Crippen molar-refractivity contribution < 1.29 is 9.59 Å². The average Bonchev–Trinajstić information content (AvgIpc) is 2.59. The summed E-state index contributed by atoms with van der Waals surface area (Å²) in [5, 5.41) is 2.92. The van der Waals surface area contributed by atoms with Crippen LogP contribution in [0, 0.1) is 20.8 Å². The van der Waals surface area contributed by atoms with Crippen LogP contribution >= 0.6 is 0 Å². The highest BCUT2D eigenvalue weighted by atomic mass is 16.2. The van der Waals surface area contributed by atoms with E-state index in [0.29, 0.717) is 6.54 Å². The molecule has 0 radical (unpaired) electrons. The van der Waals surface area contributed by atoms with Crippen molar-refractivity contribution in [2.45, 2.75) is 66.6 Å². The van der Waals surface area contributed by atoms with Crippen LogP contribution < -0.4 is 5.32 Å². The number of hydrogen-bond donors (Lipinski definition) is 1. The predicted octanol–water partition coefficient (Wildman–Crippen LogP) is 4.10. The lowest BCUT2D eigenvalue weighted by atomic mass is 10.0. The Morgan fingerprint density at radius 2 is 1.43 bits per heavy atom. The second-order valence-corrected chi connectivity index (χ2v) is 8.02. The maximum Gasteiger partial charge on any atom is 0.242 e. The minimum Gasteiger partial charge on any atom is -0.352 e. The van der Waals surface area contributed by atoms with Crippen molar-refractivity contribution in [1.82, 2.24) is 10.2 Å². The van der Waals surface area contributed by atoms with Crippen LogP contribution in [0.15, 0.2) is 42.5 Å². The highest BCUT2D eigenvalue weighted by molar-refractivity contribution is 5.88. The van der Waals surface area contributed by atoms with Crippen LogP contribution in [0.1, 0.15) is 48.6 Å². The van der Waals surface area contributed by atoms with Crippen molar-refractivity contribution >= 4 is 11.8 Å². The molecule has 1 atom stereocenters. The zero-order chi connectivity index (χ0) is 20.8. The Hall–Kier alpha value is -2.62. The minimum absolute atomic E-state index is 0.0331. The molecule has 0 saturated carbocycles. The number of aryl methyl sites for hydroxylation is 3. The SMILES string of the molecule is Cc1ccc(CN(C(=O)Cc2cc(C)cc(C)c2)C(C)C(=O)NC(C)C)cc1. The molecule has 4 heteroatoms. The van der Waals surface area contributed by atoms with E-state index in [2.05, 4.69) is 11.4 Å². The zero-order valence-corrected chi connectivity index (χ0v) is 17.9. The lowest BCUT2D eigenvalue weighted by molar-refractivity contribution is -0.140. The molecule has 28 heavy (non-hydrogen) atoms. The summed E-state index contributed by atoms with van der Waals surface area (Å²) in [7, 11) is 0. The summed E-state index contributed by atoms with van der Waals surface area (Å²) >= 11 is 0. The van der Waals surface area contributed by atoms with Gasteiger partial charge in [-0.25, -0.2) is 0 Å². The number of carbonyl (C=O) groups excluding carboxylic acids is 2. The quantitative estimate of drug-likeness (QED) is 0.786. The lowest BCUT2D eigenvalue weighted by Gasteiger charge is -2.29. The Morgan fingerprint density at radius 3 is 1.96 bits per heavy atom. The van der Waals surface area contributed by atoms with Gasteiger partial charge in [0, 0.05) is 12.6 Å². The van der Waals surface area contributed by atoms with Gasteiger partial charge in [-0.15, -0.1) is 0 Å². The van der Waals surface area contributed by atoms with Gasteiger partial charge in [-0.1, -0.05) is 59.2 Å². The normalized spacial score (nSPS) is 12.0. The zero-order valence-electron chi connectivity index (χ0n) is 17.9. The third-order valence-electron chi connectivity index (χ3n) is 4.71. The number of hydrogen-bond acceptors (Lipinski definition) is 2. The minimum atomic E-state index is -0.540. The smallest absolute Gasteiger partial charge is 0.242 e. The largest absolute Gasteiger partial charge is 0.352 e. The van der Waals surface area contributed by atoms with Gasteiger partial charge in [-0.3, -0.25) is 9.59 Å². The summed E-state index contributed by atoms with van der Waals surface area (Å²) in [6.07, 6.45) is 0.285. The first-order valence-electron chi connectivity index (χ1n) is 9.88. The molecule has 0 aliphatic heterocycles. The second-order valence-electron chi connectivity index (χ2n) is 8.02. The Labute approximate surface area is 169 Å². The molecule has 150 valence electrons. The molecule has 4 nitrogen and oxygen atoms in total. The van der Waals surface area contributed by atoms with Gasteiger partial charge in [0.25, 0.3) is 0 Å². The van der Waals surface area contributed by atoms with E-state index in [1.807, 2.05) is 71.0 Å². The molecule has 0 saturated heterocycles. The highest BCUT2D eigenvalue weighted by Crippen LogP contribution is 2.15. The first-order chi connectivity index (χ1) is 13.2. The molecule has 0 fully saturated rings. The lowest BCUT2D eigenvalue weighted by Crippen LogP contribution is -2.49. The Balaban J connectivity index is 2.25. The Kier molecular flexibility index (Phi) is 7.38. The number of rotatable bonds is 7. The summed E-state index contributed by atoms with van der Waals surface area (Å²) in [6, 6.07) is 13.7. The third-order valence-corrected chi connectivity index (χ3v) is 4.71. The molecule has 2 aromatic carbocycles. The molecule has 0 heterocycles. The molecular weight excluding hydrogens is 348 g/mol. The molecule has 2 amide bonds. The molecule has 0 spiro atoms. The monoisotopic (exact) mass is 380 g/mol. The number of benzene rings is 2. The maximum absolute atomic E-state index is 13.2. The van der Waals surface area contributed by atoms with Crippen LogP contribution in [-0.2, 0) is 22.6 Å². The van der Waals surface area contributed by atoms with E-state index < -0.39 is 6.04 Å². The summed E-state index contributed by atoms with van der Waals surface area (Å²) in [6.45, 7) is 12.2. The predicted molar refractivity (Wildman–Crippen MR) is 114 cm³/mol. The van der Waals surface area contributed by atoms with Crippen LogP contribution in [0.3, 0.4) is 0 Å². The van der Waals surface area contributed by atoms with Crippen LogP contribution in [-0.4, -0.2) is 28.8 Å². The molecule has 0 aliphatic rings. The summed E-state index contributed by atoms with van der Waals surface area (Å²) < 4.78 is 0. The fourth-order valence-corrected chi connectivity index (χ4v) is 3.33. The van der Waals surface area contributed by atoms with E-state index in [1.165, 1.54) is 5.56 Å². The standard InChI is InChI=1S/C24H32N2O2/c1-16(2)25-24(28)20(6)26(15-21-9-7-17(3)8-10-21)23(27)14-22-12-18(4)11-19(5)13-22/h7-13,16,20H,14-15H2,1-6H3,(H,25,28). The van der Waals surface area contributed by atoms with Crippen molar-refractivity contribution in [2.75, 3.05) is 0 Å². The van der Waals surface area contributed by atoms with Crippen molar-refractivity contribution in [3.8, 4) is 0 Å². The van der Waals surface area contributed by atoms with Crippen molar-refractivity contribution in [2.24, 2.45) is 0 Å². The summed E-state index contributed by atoms with van der Waals surface area (Å²) in [5.41, 5.74) is 5.44. The van der Waals surface area contributed by atoms with Crippen molar-refractivity contribution in [3.63, 3.8) is 0 Å². The van der Waals surface area contributed by atoms with Crippen molar-refractivity contribution in [3.05, 3.63) is 70.3 Å². The van der Waals surface area contributed by atoms with Gasteiger partial charge in [0.1, 0.15) is 6.04 Å². The number of nitrogens with one attached hydrogen (secondary N) is 1. The number of amides is 2. The molecule has 0 bridgehead atoms. The number of nitrogens with zero attached hydrogens (tertiary/aromatic N) is 1. The van der Waals surface area contributed by atoms with Gasteiger partial charge in [-0.05, 0) is 52.7 Å². The average molecular weight is 381 g/mol. The molecule has 1 unspecified atom stereocenters. The summed E-state index contributed by atoms with van der Waals surface area (Å²) in [5.74, 6) is -0.173. The van der Waals surface area contributed by atoms with E-state index in [1.54, 1.807) is 11.8 Å². The number of carbonyl (C=O) groups is 2. The fourth-order valence-electron chi connectivity index (χ4n) is 3.33. The first-order valence-corrected chi connectivity index (χ1v) is 9.88. The Morgan fingerprint density at radius 1 is 0.857 bits per heavy atom. The van der Waals surface area contributed by atoms with Crippen LogP contribution in [0.25, 0.3) is 0 Å². The summed E-state index contributed by atoms with van der Waals surface area (Å²) in [4.78, 5) is 27.5. The van der Waals surface area contributed by atoms with Gasteiger partial charge < -0.3 is 10.2 Å². The van der Waals surface area contributed by atoms with E-state index >= 15 is 0 Å². The van der Waals surface area contributed by atoms with Crippen LogP contribution in [0.5, 0.6) is 0 Å². The topological polar surface area (TPSA) is 49.4 Å². The van der Waals surface area contributed by atoms with Gasteiger partial charge in [0.15, 0.2) is 0 Å². The molecular formula is C24H32N2O2.